The first kappa shape index (κ1) is 29.3. The highest BCUT2D eigenvalue weighted by molar-refractivity contribution is 6.12. The minimum Gasteiger partial charge on any atom is -0.455 e. The summed E-state index contributed by atoms with van der Waals surface area (Å²) in [5.74, 6) is 1.69. The second-order valence-corrected chi connectivity index (χ2v) is 12.1. The van der Waals surface area contributed by atoms with Crippen LogP contribution in [-0.2, 0) is 0 Å². The van der Waals surface area contributed by atoms with E-state index in [0.29, 0.717) is 17.5 Å². The third kappa shape index (κ3) is 5.37. The number of furan rings is 1. The highest BCUT2D eigenvalue weighted by Crippen LogP contribution is 2.46. The number of hydrogen-bond acceptors (Lipinski definition) is 5. The molecule has 7 aromatic carbocycles. The first-order chi connectivity index (χ1) is 24.8. The smallest absolute Gasteiger partial charge is 0.170 e. The second-order valence-electron chi connectivity index (χ2n) is 12.1. The number of rotatable bonds is 7. The van der Waals surface area contributed by atoms with E-state index in [1.54, 1.807) is 0 Å². The van der Waals surface area contributed by atoms with Gasteiger partial charge in [-0.25, -0.2) is 15.0 Å². The molecule has 236 valence electrons. The van der Waals surface area contributed by atoms with Gasteiger partial charge in [0.15, 0.2) is 17.5 Å². The number of hydrogen-bond donors (Lipinski definition) is 0. The van der Waals surface area contributed by atoms with Crippen molar-refractivity contribution in [2.75, 3.05) is 4.90 Å². The van der Waals surface area contributed by atoms with Crippen LogP contribution in [0.15, 0.2) is 186 Å². The molecule has 0 amide bonds. The summed E-state index contributed by atoms with van der Waals surface area (Å²) in [6.07, 6.45) is 0. The molecular weight excluding hydrogens is 613 g/mol. The molecule has 0 fully saturated rings. The number of fused-ring (bicyclic) bond motifs is 3. The minimum absolute atomic E-state index is 0.525. The molecule has 5 nitrogen and oxygen atoms in total. The van der Waals surface area contributed by atoms with Crippen molar-refractivity contribution in [3.05, 3.63) is 182 Å². The average Bonchev–Trinajstić information content (AvgIpc) is 3.58. The lowest BCUT2D eigenvalue weighted by Gasteiger charge is -2.27. The molecule has 0 aliphatic carbocycles. The number of nitrogens with zero attached hydrogens (tertiary/aromatic N) is 4. The summed E-state index contributed by atoms with van der Waals surface area (Å²) in [6.45, 7) is 0. The molecule has 2 aromatic heterocycles. The molecule has 0 saturated carbocycles. The van der Waals surface area contributed by atoms with Crippen molar-refractivity contribution in [2.45, 2.75) is 0 Å². The van der Waals surface area contributed by atoms with Gasteiger partial charge in [-0.2, -0.15) is 0 Å². The van der Waals surface area contributed by atoms with Crippen LogP contribution in [0, 0.1) is 0 Å². The summed E-state index contributed by atoms with van der Waals surface area (Å²) in [7, 11) is 0. The van der Waals surface area contributed by atoms with Crippen molar-refractivity contribution >= 4 is 39.0 Å². The van der Waals surface area contributed by atoms with Crippen LogP contribution >= 0.6 is 0 Å². The molecule has 5 heteroatoms. The van der Waals surface area contributed by atoms with Gasteiger partial charge in [0.25, 0.3) is 0 Å². The normalized spacial score (nSPS) is 11.2. The molecule has 0 radical (unpaired) electrons. The minimum atomic E-state index is 0.525. The maximum atomic E-state index is 6.73. The Morgan fingerprint density at radius 2 is 0.820 bits per heavy atom. The summed E-state index contributed by atoms with van der Waals surface area (Å²) >= 11 is 0. The Hall–Kier alpha value is -6.85. The van der Waals surface area contributed by atoms with Gasteiger partial charge in [-0.15, -0.1) is 0 Å². The fourth-order valence-corrected chi connectivity index (χ4v) is 6.54. The van der Waals surface area contributed by atoms with E-state index in [-0.39, 0.29) is 0 Å². The highest BCUT2D eigenvalue weighted by atomic mass is 16.3. The van der Waals surface area contributed by atoms with Crippen LogP contribution in [0.25, 0.3) is 67.2 Å². The standard InChI is InChI=1S/C45H30N4O/c1-5-15-31(16-6-1)32-25-27-34(28-26-32)44-46-43(33-17-7-2-8-18-33)47-45(48-44)41-39(30-29-38-37-23-13-14-24-40(37)50-42(38)41)49(35-19-9-3-10-20-35)36-21-11-4-12-22-36/h1-30H. The van der Waals surface area contributed by atoms with E-state index in [9.17, 15) is 0 Å². The molecule has 0 unspecified atom stereocenters. The molecule has 0 aliphatic heterocycles. The fraction of sp³-hybridized carbons (Fsp3) is 0. The summed E-state index contributed by atoms with van der Waals surface area (Å²) in [5, 5.41) is 2.03. The van der Waals surface area contributed by atoms with Crippen molar-refractivity contribution in [1.29, 1.82) is 0 Å². The van der Waals surface area contributed by atoms with Gasteiger partial charge in [0, 0.05) is 33.3 Å². The molecule has 0 aliphatic rings. The Labute approximate surface area is 289 Å². The van der Waals surface area contributed by atoms with Crippen LogP contribution < -0.4 is 4.90 Å². The predicted molar refractivity (Wildman–Crippen MR) is 204 cm³/mol. The second kappa shape index (κ2) is 12.6. The van der Waals surface area contributed by atoms with Crippen molar-refractivity contribution in [3.8, 4) is 45.3 Å². The maximum absolute atomic E-state index is 6.73. The van der Waals surface area contributed by atoms with Gasteiger partial charge in [-0.3, -0.25) is 0 Å². The Morgan fingerprint density at radius 1 is 0.360 bits per heavy atom. The average molecular weight is 643 g/mol. The highest BCUT2D eigenvalue weighted by Gasteiger charge is 2.25. The number of anilines is 3. The van der Waals surface area contributed by atoms with Gasteiger partial charge in [-0.1, -0.05) is 140 Å². The van der Waals surface area contributed by atoms with Crippen LogP contribution in [0.4, 0.5) is 17.1 Å². The summed E-state index contributed by atoms with van der Waals surface area (Å²) in [4.78, 5) is 17.7. The third-order valence-electron chi connectivity index (χ3n) is 8.94. The van der Waals surface area contributed by atoms with Crippen molar-refractivity contribution in [1.82, 2.24) is 15.0 Å². The zero-order valence-corrected chi connectivity index (χ0v) is 27.0. The van der Waals surface area contributed by atoms with E-state index in [1.807, 2.05) is 66.7 Å². The third-order valence-corrected chi connectivity index (χ3v) is 8.94. The molecule has 0 N–H and O–H groups in total. The van der Waals surface area contributed by atoms with Gasteiger partial charge in [0.2, 0.25) is 0 Å². The SMILES string of the molecule is c1ccc(-c2ccc(-c3nc(-c4ccccc4)nc(-c4c(N(c5ccccc5)c5ccccc5)ccc5c4oc4ccccc45)n3)cc2)cc1. The Kier molecular flexibility index (Phi) is 7.41. The van der Waals surface area contributed by atoms with E-state index in [2.05, 4.69) is 120 Å². The molecule has 0 bridgehead atoms. The van der Waals surface area contributed by atoms with Gasteiger partial charge < -0.3 is 9.32 Å². The van der Waals surface area contributed by atoms with Crippen molar-refractivity contribution < 1.29 is 4.42 Å². The number of benzene rings is 7. The van der Waals surface area contributed by atoms with Gasteiger partial charge in [-0.05, 0) is 53.6 Å². The number of aromatic nitrogens is 3. The van der Waals surface area contributed by atoms with E-state index >= 15 is 0 Å². The van der Waals surface area contributed by atoms with Crippen molar-refractivity contribution in [2.24, 2.45) is 0 Å². The van der Waals surface area contributed by atoms with Crippen LogP contribution in [-0.4, -0.2) is 15.0 Å². The lowest BCUT2D eigenvalue weighted by molar-refractivity contribution is 0.669. The Morgan fingerprint density at radius 3 is 1.44 bits per heavy atom. The first-order valence-electron chi connectivity index (χ1n) is 16.6. The fourth-order valence-electron chi connectivity index (χ4n) is 6.54. The monoisotopic (exact) mass is 642 g/mol. The van der Waals surface area contributed by atoms with Crippen LogP contribution in [0.3, 0.4) is 0 Å². The number of para-hydroxylation sites is 3. The molecule has 9 rings (SSSR count). The molecular formula is C45H30N4O. The maximum Gasteiger partial charge on any atom is 0.170 e. The molecule has 0 atom stereocenters. The van der Waals surface area contributed by atoms with Crippen LogP contribution in [0.5, 0.6) is 0 Å². The Bertz CT molecular complexity index is 2530. The summed E-state index contributed by atoms with van der Waals surface area (Å²) < 4.78 is 6.73. The van der Waals surface area contributed by atoms with Gasteiger partial charge in [0.05, 0.1) is 11.3 Å². The van der Waals surface area contributed by atoms with Gasteiger partial charge in [0.1, 0.15) is 11.2 Å². The lowest BCUT2D eigenvalue weighted by Crippen LogP contribution is -2.12. The van der Waals surface area contributed by atoms with Gasteiger partial charge >= 0.3 is 0 Å². The quantitative estimate of drug-likeness (QED) is 0.173. The molecule has 9 aromatic rings. The zero-order chi connectivity index (χ0) is 33.3. The first-order valence-corrected chi connectivity index (χ1v) is 16.6. The molecule has 50 heavy (non-hydrogen) atoms. The molecule has 0 saturated heterocycles. The van der Waals surface area contributed by atoms with E-state index < -0.39 is 0 Å². The zero-order valence-electron chi connectivity index (χ0n) is 27.0. The van der Waals surface area contributed by atoms with Crippen LogP contribution in [0.1, 0.15) is 0 Å². The van der Waals surface area contributed by atoms with E-state index in [1.165, 1.54) is 0 Å². The lowest BCUT2D eigenvalue weighted by atomic mass is 10.0. The molecule has 0 spiro atoms. The summed E-state index contributed by atoms with van der Waals surface area (Å²) in [6, 6.07) is 62.0. The van der Waals surface area contributed by atoms with E-state index in [4.69, 9.17) is 19.4 Å². The Balaban J connectivity index is 1.33. The van der Waals surface area contributed by atoms with Crippen LogP contribution in [0.2, 0.25) is 0 Å². The van der Waals surface area contributed by atoms with E-state index in [0.717, 1.165) is 66.8 Å². The van der Waals surface area contributed by atoms with Crippen molar-refractivity contribution in [3.63, 3.8) is 0 Å². The molecule has 2 heterocycles. The topological polar surface area (TPSA) is 55.1 Å². The predicted octanol–water partition coefficient (Wildman–Crippen LogP) is 11.9. The largest absolute Gasteiger partial charge is 0.455 e. The summed E-state index contributed by atoms with van der Waals surface area (Å²) in [5.41, 5.74) is 9.29.